The highest BCUT2D eigenvalue weighted by molar-refractivity contribution is 6.30. The average molecular weight is 202 g/mol. The maximum atomic E-state index is 5.78. The summed E-state index contributed by atoms with van der Waals surface area (Å²) in [7, 11) is 0. The Hall–Kier alpha value is -0.770. The van der Waals surface area contributed by atoms with E-state index >= 15 is 0 Å². The van der Waals surface area contributed by atoms with Crippen molar-refractivity contribution in [2.24, 2.45) is 5.90 Å². The lowest BCUT2D eigenvalue weighted by Crippen LogP contribution is -2.10. The first-order valence-electron chi connectivity index (χ1n) is 3.94. The Bertz CT molecular complexity index is 278. The largest absolute Gasteiger partial charge is 0.491 e. The minimum absolute atomic E-state index is 0.377. The summed E-state index contributed by atoms with van der Waals surface area (Å²) in [6.45, 7) is 2.76. The zero-order valence-corrected chi connectivity index (χ0v) is 8.17. The molecule has 0 heterocycles. The Morgan fingerprint density at radius 1 is 1.38 bits per heavy atom. The second-order valence-corrected chi connectivity index (χ2v) is 3.07. The molecule has 0 fully saturated rings. The van der Waals surface area contributed by atoms with Crippen molar-refractivity contribution < 1.29 is 9.57 Å². The molecule has 13 heavy (non-hydrogen) atoms. The molecule has 0 aliphatic heterocycles. The second kappa shape index (κ2) is 5.07. The molecule has 0 bridgehead atoms. The van der Waals surface area contributed by atoms with Crippen LogP contribution in [0.1, 0.15) is 5.56 Å². The Kier molecular flexibility index (Phi) is 4.02. The van der Waals surface area contributed by atoms with E-state index in [1.54, 1.807) is 6.07 Å². The topological polar surface area (TPSA) is 44.5 Å². The molecule has 72 valence electrons. The fourth-order valence-electron chi connectivity index (χ4n) is 0.975. The van der Waals surface area contributed by atoms with Crippen LogP contribution in [-0.2, 0) is 4.84 Å². The summed E-state index contributed by atoms with van der Waals surface area (Å²) in [6.07, 6.45) is 0. The normalized spacial score (nSPS) is 10.1. The Labute approximate surface area is 82.4 Å². The standard InChI is InChI=1S/C9H12ClNO2/c1-7-6-8(10)2-3-9(7)12-4-5-13-11/h2-3,6H,4-5,11H2,1H3. The van der Waals surface area contributed by atoms with Gasteiger partial charge in [0, 0.05) is 5.02 Å². The third-order valence-corrected chi connectivity index (χ3v) is 1.83. The minimum Gasteiger partial charge on any atom is -0.491 e. The summed E-state index contributed by atoms with van der Waals surface area (Å²) in [5.74, 6) is 5.66. The predicted octanol–water partition coefficient (Wildman–Crippen LogP) is 1.92. The van der Waals surface area contributed by atoms with Gasteiger partial charge in [-0.15, -0.1) is 0 Å². The predicted molar refractivity (Wildman–Crippen MR) is 51.8 cm³/mol. The molecule has 0 spiro atoms. The Morgan fingerprint density at radius 2 is 2.15 bits per heavy atom. The number of aryl methyl sites for hydroxylation is 1. The number of hydrogen-bond acceptors (Lipinski definition) is 3. The number of ether oxygens (including phenoxy) is 1. The van der Waals surface area contributed by atoms with Crippen molar-refractivity contribution in [3.63, 3.8) is 0 Å². The monoisotopic (exact) mass is 201 g/mol. The van der Waals surface area contributed by atoms with Gasteiger partial charge in [-0.25, -0.2) is 5.90 Å². The lowest BCUT2D eigenvalue weighted by Gasteiger charge is -2.07. The van der Waals surface area contributed by atoms with Gasteiger partial charge in [-0.05, 0) is 30.7 Å². The van der Waals surface area contributed by atoms with E-state index in [2.05, 4.69) is 4.84 Å². The van der Waals surface area contributed by atoms with E-state index in [0.29, 0.717) is 18.2 Å². The fraction of sp³-hybridized carbons (Fsp3) is 0.333. The van der Waals surface area contributed by atoms with E-state index in [-0.39, 0.29) is 0 Å². The van der Waals surface area contributed by atoms with Gasteiger partial charge in [-0.2, -0.15) is 0 Å². The first kappa shape index (κ1) is 10.3. The maximum absolute atomic E-state index is 5.78. The van der Waals surface area contributed by atoms with E-state index in [0.717, 1.165) is 11.3 Å². The van der Waals surface area contributed by atoms with Gasteiger partial charge in [0.1, 0.15) is 19.0 Å². The molecule has 1 aromatic carbocycles. The van der Waals surface area contributed by atoms with E-state index in [1.807, 2.05) is 19.1 Å². The van der Waals surface area contributed by atoms with Gasteiger partial charge in [-0.3, -0.25) is 0 Å². The molecule has 2 N–H and O–H groups in total. The van der Waals surface area contributed by atoms with Crippen LogP contribution in [-0.4, -0.2) is 13.2 Å². The van der Waals surface area contributed by atoms with Crippen LogP contribution in [0, 0.1) is 6.92 Å². The van der Waals surface area contributed by atoms with Crippen molar-refractivity contribution in [2.45, 2.75) is 6.92 Å². The molecule has 3 nitrogen and oxygen atoms in total. The molecule has 1 rings (SSSR count). The van der Waals surface area contributed by atoms with Gasteiger partial charge in [0.2, 0.25) is 0 Å². The molecule has 0 radical (unpaired) electrons. The highest BCUT2D eigenvalue weighted by Crippen LogP contribution is 2.21. The van der Waals surface area contributed by atoms with Gasteiger partial charge >= 0.3 is 0 Å². The van der Waals surface area contributed by atoms with Crippen molar-refractivity contribution in [3.05, 3.63) is 28.8 Å². The smallest absolute Gasteiger partial charge is 0.122 e. The van der Waals surface area contributed by atoms with Gasteiger partial charge < -0.3 is 9.57 Å². The minimum atomic E-state index is 0.377. The molecule has 0 atom stereocenters. The van der Waals surface area contributed by atoms with Crippen LogP contribution >= 0.6 is 11.6 Å². The molecule has 0 aromatic heterocycles. The van der Waals surface area contributed by atoms with E-state index in [9.17, 15) is 0 Å². The van der Waals surface area contributed by atoms with Gasteiger partial charge in [0.15, 0.2) is 0 Å². The number of hydrogen-bond donors (Lipinski definition) is 1. The van der Waals surface area contributed by atoms with Crippen LogP contribution in [0.3, 0.4) is 0 Å². The zero-order chi connectivity index (χ0) is 9.68. The van der Waals surface area contributed by atoms with E-state index in [1.165, 1.54) is 0 Å². The molecule has 0 aliphatic carbocycles. The molecule has 0 unspecified atom stereocenters. The highest BCUT2D eigenvalue weighted by Gasteiger charge is 1.99. The summed E-state index contributed by atoms with van der Waals surface area (Å²) >= 11 is 5.78. The van der Waals surface area contributed by atoms with Crippen molar-refractivity contribution in [1.29, 1.82) is 0 Å². The molecular formula is C9H12ClNO2. The number of benzene rings is 1. The number of nitrogens with two attached hydrogens (primary N) is 1. The lowest BCUT2D eigenvalue weighted by molar-refractivity contribution is 0.102. The average Bonchev–Trinajstić information content (AvgIpc) is 2.09. The fourth-order valence-corrected chi connectivity index (χ4v) is 1.20. The van der Waals surface area contributed by atoms with Crippen LogP contribution in [0.15, 0.2) is 18.2 Å². The van der Waals surface area contributed by atoms with Crippen LogP contribution in [0.2, 0.25) is 5.02 Å². The molecule has 0 amide bonds. The lowest BCUT2D eigenvalue weighted by atomic mass is 10.2. The summed E-state index contributed by atoms with van der Waals surface area (Å²) in [6, 6.07) is 5.46. The number of halogens is 1. The Morgan fingerprint density at radius 3 is 2.77 bits per heavy atom. The summed E-state index contributed by atoms with van der Waals surface area (Å²) < 4.78 is 5.37. The maximum Gasteiger partial charge on any atom is 0.122 e. The molecule has 4 heteroatoms. The summed E-state index contributed by atoms with van der Waals surface area (Å²) in [5, 5.41) is 0.708. The summed E-state index contributed by atoms with van der Waals surface area (Å²) in [5.41, 5.74) is 1.00. The van der Waals surface area contributed by atoms with Crippen molar-refractivity contribution in [1.82, 2.24) is 0 Å². The molecule has 1 aromatic rings. The third-order valence-electron chi connectivity index (χ3n) is 1.60. The number of rotatable bonds is 4. The van der Waals surface area contributed by atoms with Crippen LogP contribution < -0.4 is 10.6 Å². The van der Waals surface area contributed by atoms with Gasteiger partial charge in [0.05, 0.1) is 0 Å². The molecule has 0 saturated heterocycles. The summed E-state index contributed by atoms with van der Waals surface area (Å²) in [4.78, 5) is 4.38. The molecule has 0 saturated carbocycles. The molecule has 0 aliphatic rings. The zero-order valence-electron chi connectivity index (χ0n) is 7.42. The second-order valence-electron chi connectivity index (χ2n) is 2.63. The van der Waals surface area contributed by atoms with Crippen LogP contribution in [0.5, 0.6) is 5.75 Å². The van der Waals surface area contributed by atoms with Crippen molar-refractivity contribution >= 4 is 11.6 Å². The SMILES string of the molecule is Cc1cc(Cl)ccc1OCCON. The van der Waals surface area contributed by atoms with Gasteiger partial charge in [0.25, 0.3) is 0 Å². The Balaban J connectivity index is 2.56. The quantitative estimate of drug-likeness (QED) is 0.598. The van der Waals surface area contributed by atoms with Crippen LogP contribution in [0.4, 0.5) is 0 Å². The van der Waals surface area contributed by atoms with E-state index < -0.39 is 0 Å². The van der Waals surface area contributed by atoms with Crippen molar-refractivity contribution in [2.75, 3.05) is 13.2 Å². The van der Waals surface area contributed by atoms with Gasteiger partial charge in [-0.1, -0.05) is 11.6 Å². The first-order valence-corrected chi connectivity index (χ1v) is 4.32. The third kappa shape index (κ3) is 3.22. The highest BCUT2D eigenvalue weighted by atomic mass is 35.5. The van der Waals surface area contributed by atoms with Crippen LogP contribution in [0.25, 0.3) is 0 Å². The molecular weight excluding hydrogens is 190 g/mol. The van der Waals surface area contributed by atoms with Crippen molar-refractivity contribution in [3.8, 4) is 5.75 Å². The van der Waals surface area contributed by atoms with E-state index in [4.69, 9.17) is 22.2 Å². The first-order chi connectivity index (χ1) is 6.24.